The number of sulfonamides is 1. The quantitative estimate of drug-likeness (QED) is 0.430. The molecule has 2 heterocycles. The number of carbonyl (C=O) groups excluding carboxylic acids is 1. The number of benzene rings is 2. The summed E-state index contributed by atoms with van der Waals surface area (Å²) in [5.41, 5.74) is 2.85. The molecule has 0 aromatic heterocycles. The van der Waals surface area contributed by atoms with E-state index in [9.17, 15) is 18.3 Å². The van der Waals surface area contributed by atoms with E-state index in [2.05, 4.69) is 10.3 Å². The number of hydrogen-bond acceptors (Lipinski definition) is 6. The van der Waals surface area contributed by atoms with Crippen molar-refractivity contribution in [3.05, 3.63) is 69.7 Å². The fourth-order valence-corrected chi connectivity index (χ4v) is 6.32. The molecule has 1 amide bonds. The van der Waals surface area contributed by atoms with Gasteiger partial charge in [-0.3, -0.25) is 9.79 Å². The van der Waals surface area contributed by atoms with Crippen LogP contribution in [0.5, 0.6) is 0 Å². The molecule has 2 aliphatic heterocycles. The zero-order valence-electron chi connectivity index (χ0n) is 20.8. The lowest BCUT2D eigenvalue weighted by molar-refractivity contribution is -0.124. The molecule has 8 nitrogen and oxygen atoms in total. The third-order valence-electron chi connectivity index (χ3n) is 7.05. The van der Waals surface area contributed by atoms with Crippen LogP contribution in [0.4, 0.5) is 0 Å². The van der Waals surface area contributed by atoms with E-state index < -0.39 is 21.7 Å². The predicted molar refractivity (Wildman–Crippen MR) is 150 cm³/mol. The summed E-state index contributed by atoms with van der Waals surface area (Å²) in [5, 5.41) is 22.0. The van der Waals surface area contributed by atoms with Crippen molar-refractivity contribution in [3.63, 3.8) is 0 Å². The largest absolute Gasteiger partial charge is 0.394 e. The highest BCUT2D eigenvalue weighted by molar-refractivity contribution is 7.89. The van der Waals surface area contributed by atoms with Gasteiger partial charge in [0, 0.05) is 23.7 Å². The first-order valence-corrected chi connectivity index (χ1v) is 14.1. The second-order valence-electron chi connectivity index (χ2n) is 9.55. The third-order valence-corrected chi connectivity index (χ3v) is 9.18. The number of aliphatic imine (C=N–C) groups is 1. The van der Waals surface area contributed by atoms with Crippen molar-refractivity contribution >= 4 is 46.9 Å². The number of rotatable bonds is 9. The monoisotopic (exact) mass is 567 g/mol. The Morgan fingerprint density at radius 2 is 1.81 bits per heavy atom. The summed E-state index contributed by atoms with van der Waals surface area (Å²) in [5.74, 6) is 0.305. The maximum absolute atomic E-state index is 13.1. The SMILES string of the molecule is Cc1cc(CC[C@H](O)CO)ccc1CCS(=O)(=O)N1CCC2(CC1)N=C(c1ccc(Cl)cc1)NC2=O.S. The van der Waals surface area contributed by atoms with Crippen LogP contribution in [-0.4, -0.2) is 71.8 Å². The Balaban J connectivity index is 0.00000380. The topological polar surface area (TPSA) is 119 Å². The molecule has 0 bridgehead atoms. The van der Waals surface area contributed by atoms with Crippen LogP contribution in [-0.2, 0) is 27.7 Å². The molecule has 4 rings (SSSR count). The van der Waals surface area contributed by atoms with Gasteiger partial charge < -0.3 is 15.5 Å². The lowest BCUT2D eigenvalue weighted by Crippen LogP contribution is -2.50. The Morgan fingerprint density at radius 1 is 1.14 bits per heavy atom. The first kappa shape index (κ1) is 29.6. The van der Waals surface area contributed by atoms with Gasteiger partial charge >= 0.3 is 0 Å². The molecule has 1 saturated heterocycles. The van der Waals surface area contributed by atoms with E-state index in [0.29, 0.717) is 43.0 Å². The molecular weight excluding hydrogens is 534 g/mol. The number of nitrogens with one attached hydrogen (secondary N) is 1. The van der Waals surface area contributed by atoms with E-state index in [0.717, 1.165) is 22.3 Å². The molecule has 0 saturated carbocycles. The highest BCUT2D eigenvalue weighted by Gasteiger charge is 2.47. The number of carbonyl (C=O) groups is 1. The summed E-state index contributed by atoms with van der Waals surface area (Å²) in [4.78, 5) is 17.5. The molecule has 2 aromatic rings. The second-order valence-corrected chi connectivity index (χ2v) is 12.1. The first-order valence-electron chi connectivity index (χ1n) is 12.1. The van der Waals surface area contributed by atoms with Gasteiger partial charge in [-0.25, -0.2) is 12.7 Å². The van der Waals surface area contributed by atoms with Crippen molar-refractivity contribution < 1.29 is 23.4 Å². The highest BCUT2D eigenvalue weighted by Crippen LogP contribution is 2.32. The molecule has 1 fully saturated rings. The van der Waals surface area contributed by atoms with Gasteiger partial charge in [-0.05, 0) is 80.0 Å². The van der Waals surface area contributed by atoms with E-state index >= 15 is 0 Å². The Kier molecular flexibility index (Phi) is 9.82. The number of amides is 1. The molecule has 202 valence electrons. The van der Waals surface area contributed by atoms with E-state index in [1.165, 1.54) is 4.31 Å². The van der Waals surface area contributed by atoms with Crippen LogP contribution in [0.25, 0.3) is 0 Å². The Bertz CT molecular complexity index is 1240. The average Bonchev–Trinajstić information content (AvgIpc) is 3.17. The molecule has 0 unspecified atom stereocenters. The van der Waals surface area contributed by atoms with Crippen LogP contribution < -0.4 is 5.32 Å². The summed E-state index contributed by atoms with van der Waals surface area (Å²) in [6, 6.07) is 13.0. The predicted octanol–water partition coefficient (Wildman–Crippen LogP) is 2.33. The van der Waals surface area contributed by atoms with E-state index in [4.69, 9.17) is 16.7 Å². The van der Waals surface area contributed by atoms with Crippen LogP contribution in [0.2, 0.25) is 5.02 Å². The number of aliphatic hydroxyl groups is 2. The van der Waals surface area contributed by atoms with Crippen molar-refractivity contribution in [2.75, 3.05) is 25.4 Å². The number of halogens is 1. The number of nitrogens with zero attached hydrogens (tertiary/aromatic N) is 2. The second kappa shape index (κ2) is 12.3. The number of aryl methyl sites for hydroxylation is 3. The standard InChI is InChI=1S/C26H32ClN3O5S.H2S/c1-18-16-19(3-9-23(32)17-31)2-4-20(18)10-15-36(34,35)30-13-11-26(12-14-30)25(33)28-24(29-26)21-5-7-22(27)8-6-21;/h2,4-8,16,23,31-32H,3,9-15,17H2,1H3,(H,28,29,33);1H2/t23-;/m0./s1. The van der Waals surface area contributed by atoms with E-state index in [-0.39, 0.29) is 44.9 Å². The lowest BCUT2D eigenvalue weighted by Gasteiger charge is -2.34. The van der Waals surface area contributed by atoms with Crippen molar-refractivity contribution in [2.45, 2.75) is 50.7 Å². The van der Waals surface area contributed by atoms with Crippen LogP contribution >= 0.6 is 25.1 Å². The number of amidine groups is 1. The van der Waals surface area contributed by atoms with Crippen LogP contribution in [0, 0.1) is 6.92 Å². The van der Waals surface area contributed by atoms with Crippen molar-refractivity contribution in [2.24, 2.45) is 4.99 Å². The average molecular weight is 568 g/mol. The van der Waals surface area contributed by atoms with Crippen molar-refractivity contribution in [1.29, 1.82) is 0 Å². The first-order chi connectivity index (χ1) is 17.1. The molecule has 0 aliphatic carbocycles. The summed E-state index contributed by atoms with van der Waals surface area (Å²) < 4.78 is 27.6. The molecular formula is C26H34ClN3O5S2. The fraction of sp³-hybridized carbons (Fsp3) is 0.462. The molecule has 1 spiro atoms. The zero-order chi connectivity index (χ0) is 25.9. The van der Waals surface area contributed by atoms with Crippen molar-refractivity contribution in [3.8, 4) is 0 Å². The summed E-state index contributed by atoms with van der Waals surface area (Å²) in [6.45, 7) is 2.19. The molecule has 1 atom stereocenters. The molecule has 11 heteroatoms. The summed E-state index contributed by atoms with van der Waals surface area (Å²) in [6.07, 6.45) is 1.46. The van der Waals surface area contributed by atoms with Gasteiger partial charge in [0.05, 0.1) is 18.5 Å². The molecule has 37 heavy (non-hydrogen) atoms. The lowest BCUT2D eigenvalue weighted by atomic mass is 9.89. The Morgan fingerprint density at radius 3 is 2.43 bits per heavy atom. The normalized spacial score (nSPS) is 18.3. The Labute approximate surface area is 230 Å². The Hall–Kier alpha value is -1.95. The third kappa shape index (κ3) is 6.93. The minimum Gasteiger partial charge on any atom is -0.394 e. The van der Waals surface area contributed by atoms with Gasteiger partial charge in [-0.1, -0.05) is 29.8 Å². The molecule has 2 aromatic carbocycles. The summed E-state index contributed by atoms with van der Waals surface area (Å²) >= 11 is 5.95. The van der Waals surface area contributed by atoms with Gasteiger partial charge in [0.25, 0.3) is 5.91 Å². The van der Waals surface area contributed by atoms with E-state index in [1.54, 1.807) is 24.3 Å². The number of piperidine rings is 1. The van der Waals surface area contributed by atoms with Gasteiger partial charge in [0.15, 0.2) is 0 Å². The molecule has 0 radical (unpaired) electrons. The molecule has 3 N–H and O–H groups in total. The maximum atomic E-state index is 13.1. The van der Waals surface area contributed by atoms with E-state index in [1.807, 2.05) is 25.1 Å². The summed E-state index contributed by atoms with van der Waals surface area (Å²) in [7, 11) is -3.49. The van der Waals surface area contributed by atoms with Crippen molar-refractivity contribution in [1.82, 2.24) is 9.62 Å². The number of aliphatic hydroxyl groups excluding tert-OH is 2. The minimum atomic E-state index is -3.49. The molecule has 2 aliphatic rings. The highest BCUT2D eigenvalue weighted by atomic mass is 35.5. The zero-order valence-corrected chi connectivity index (χ0v) is 23.4. The maximum Gasteiger partial charge on any atom is 0.253 e. The van der Waals surface area contributed by atoms with Gasteiger partial charge in [-0.2, -0.15) is 13.5 Å². The minimum absolute atomic E-state index is 0. The van der Waals surface area contributed by atoms with Crippen LogP contribution in [0.15, 0.2) is 47.5 Å². The van der Waals surface area contributed by atoms with Gasteiger partial charge in [0.1, 0.15) is 11.4 Å². The number of hydrogen-bond donors (Lipinski definition) is 3. The van der Waals surface area contributed by atoms with Crippen LogP contribution in [0.1, 0.15) is 41.5 Å². The smallest absolute Gasteiger partial charge is 0.253 e. The van der Waals surface area contributed by atoms with Gasteiger partial charge in [0.2, 0.25) is 10.0 Å². The van der Waals surface area contributed by atoms with Gasteiger partial charge in [-0.15, -0.1) is 0 Å². The fourth-order valence-electron chi connectivity index (χ4n) is 4.72. The van der Waals surface area contributed by atoms with Crippen LogP contribution in [0.3, 0.4) is 0 Å².